The van der Waals surface area contributed by atoms with Crippen LogP contribution >= 0.6 is 0 Å². The highest BCUT2D eigenvalue weighted by molar-refractivity contribution is 5.75. The molecular formula is C31H32N6. The molecule has 2 aliphatic heterocycles. The van der Waals surface area contributed by atoms with Crippen LogP contribution in [-0.4, -0.2) is 32.0 Å². The van der Waals surface area contributed by atoms with Crippen molar-refractivity contribution in [3.05, 3.63) is 71.6 Å². The minimum absolute atomic E-state index is 0.391. The van der Waals surface area contributed by atoms with Gasteiger partial charge < -0.3 is 20.6 Å². The average Bonchev–Trinajstić information content (AvgIpc) is 3.52. The zero-order valence-electron chi connectivity index (χ0n) is 20.9. The average molecular weight is 489 g/mol. The van der Waals surface area contributed by atoms with Crippen LogP contribution in [0, 0.1) is 11.8 Å². The van der Waals surface area contributed by atoms with E-state index in [2.05, 4.69) is 68.1 Å². The summed E-state index contributed by atoms with van der Waals surface area (Å²) >= 11 is 0. The molecule has 0 bridgehead atoms. The van der Waals surface area contributed by atoms with Gasteiger partial charge in [0.05, 0.1) is 29.7 Å². The van der Waals surface area contributed by atoms with E-state index in [0.29, 0.717) is 12.1 Å². The fraction of sp³-hybridized carbons (Fsp3) is 0.419. The second-order valence-electron chi connectivity index (χ2n) is 12.0. The van der Waals surface area contributed by atoms with Crippen molar-refractivity contribution >= 4 is 0 Å². The molecule has 2 aromatic carbocycles. The standard InChI is InChI=1S/C31H32N6/c1-2-19-10-18(8-9-22(19)29-23(3-1)35-31(37-29)27-14-21-12-25(21)34-27)16-4-6-17(7-5-16)28-15-32-30(36-28)26-13-20-11-24(20)33-26/h4-10,15,20-21,24-27,33-34H,1-3,11-14H2,(H,32,36)(H,35,37)/t20-,21-,24-,25-,26+,27+/m1/s1. The molecule has 0 amide bonds. The Labute approximate surface area is 216 Å². The summed E-state index contributed by atoms with van der Waals surface area (Å²) in [7, 11) is 0. The molecular weight excluding hydrogens is 456 g/mol. The Morgan fingerprint density at radius 1 is 0.703 bits per heavy atom. The van der Waals surface area contributed by atoms with Gasteiger partial charge in [-0.05, 0) is 79.0 Å². The van der Waals surface area contributed by atoms with E-state index >= 15 is 0 Å². The summed E-state index contributed by atoms with van der Waals surface area (Å²) in [5.41, 5.74) is 10.0. The lowest BCUT2D eigenvalue weighted by Crippen LogP contribution is -2.18. The Kier molecular flexibility index (Phi) is 4.30. The molecule has 2 aromatic heterocycles. The third-order valence-electron chi connectivity index (χ3n) is 9.57. The lowest BCUT2D eigenvalue weighted by molar-refractivity contribution is 0.542. The predicted molar refractivity (Wildman–Crippen MR) is 144 cm³/mol. The van der Waals surface area contributed by atoms with Crippen molar-refractivity contribution in [2.45, 2.75) is 69.1 Å². The molecule has 6 atom stereocenters. The molecule has 37 heavy (non-hydrogen) atoms. The molecule has 0 radical (unpaired) electrons. The quantitative estimate of drug-likeness (QED) is 0.307. The molecule has 0 unspecified atom stereocenters. The molecule has 4 N–H and O–H groups in total. The lowest BCUT2D eigenvalue weighted by atomic mass is 9.95. The van der Waals surface area contributed by atoms with Crippen LogP contribution < -0.4 is 10.6 Å². The first-order chi connectivity index (χ1) is 18.2. The first-order valence-electron chi connectivity index (χ1n) is 14.1. The van der Waals surface area contributed by atoms with Gasteiger partial charge in [-0.15, -0.1) is 0 Å². The number of H-pyrrole nitrogens is 2. The number of nitrogens with zero attached hydrogens (tertiary/aromatic N) is 2. The van der Waals surface area contributed by atoms with Crippen LogP contribution in [0.5, 0.6) is 0 Å². The van der Waals surface area contributed by atoms with Crippen molar-refractivity contribution in [1.82, 2.24) is 30.6 Å². The molecule has 6 heteroatoms. The number of aromatic amines is 2. The number of hydrogen-bond donors (Lipinski definition) is 4. The molecule has 6 nitrogen and oxygen atoms in total. The second kappa shape index (κ2) is 7.65. The fourth-order valence-corrected chi connectivity index (χ4v) is 7.23. The highest BCUT2D eigenvalue weighted by Crippen LogP contribution is 2.47. The zero-order valence-corrected chi connectivity index (χ0v) is 20.9. The van der Waals surface area contributed by atoms with Crippen molar-refractivity contribution < 1.29 is 0 Å². The normalized spacial score (nSPS) is 30.8. The summed E-state index contributed by atoms with van der Waals surface area (Å²) in [4.78, 5) is 17.1. The molecule has 2 saturated heterocycles. The van der Waals surface area contributed by atoms with E-state index in [1.54, 1.807) is 0 Å². The number of aryl methyl sites for hydroxylation is 2. The van der Waals surface area contributed by atoms with Gasteiger partial charge in [-0.1, -0.05) is 42.5 Å². The third-order valence-corrected chi connectivity index (χ3v) is 9.57. The number of hydrogen-bond acceptors (Lipinski definition) is 4. The maximum Gasteiger partial charge on any atom is 0.124 e. The molecule has 0 spiro atoms. The van der Waals surface area contributed by atoms with Crippen molar-refractivity contribution in [3.63, 3.8) is 0 Å². The summed E-state index contributed by atoms with van der Waals surface area (Å²) in [6.07, 6.45) is 10.5. The van der Waals surface area contributed by atoms with Crippen LogP contribution in [0.1, 0.15) is 67.1 Å². The SMILES string of the molecule is c1cc(-c2cnc([C@@H]3C[C@H]4C[C@H]4N3)[nH]2)ccc1-c1ccc2c(c1)CCCc1[nH]c([C@@H]3C[C@H]4C[C@H]4N3)nc1-2. The largest absolute Gasteiger partial charge is 0.344 e. The van der Waals surface area contributed by atoms with Gasteiger partial charge >= 0.3 is 0 Å². The molecule has 186 valence electrons. The summed E-state index contributed by atoms with van der Waals surface area (Å²) < 4.78 is 0. The van der Waals surface area contributed by atoms with Crippen molar-refractivity contribution in [3.8, 4) is 33.6 Å². The second-order valence-corrected chi connectivity index (χ2v) is 12.0. The zero-order chi connectivity index (χ0) is 24.1. The Morgan fingerprint density at radius 3 is 2.19 bits per heavy atom. The van der Waals surface area contributed by atoms with Gasteiger partial charge in [0, 0.05) is 23.3 Å². The smallest absolute Gasteiger partial charge is 0.124 e. The molecule has 9 rings (SSSR count). The van der Waals surface area contributed by atoms with E-state index in [-0.39, 0.29) is 0 Å². The van der Waals surface area contributed by atoms with E-state index in [1.807, 2.05) is 6.20 Å². The van der Waals surface area contributed by atoms with Gasteiger partial charge in [-0.25, -0.2) is 9.97 Å². The maximum atomic E-state index is 5.14. The number of imidazole rings is 2. The Balaban J connectivity index is 0.975. The summed E-state index contributed by atoms with van der Waals surface area (Å²) in [6.45, 7) is 0. The van der Waals surface area contributed by atoms with Crippen LogP contribution in [0.15, 0.2) is 48.7 Å². The summed E-state index contributed by atoms with van der Waals surface area (Å²) in [6, 6.07) is 18.1. The van der Waals surface area contributed by atoms with Gasteiger partial charge in [0.1, 0.15) is 11.6 Å². The van der Waals surface area contributed by atoms with Gasteiger partial charge in [0.15, 0.2) is 0 Å². The monoisotopic (exact) mass is 488 g/mol. The Morgan fingerprint density at radius 2 is 1.43 bits per heavy atom. The number of rotatable bonds is 4. The van der Waals surface area contributed by atoms with E-state index in [1.165, 1.54) is 64.9 Å². The van der Waals surface area contributed by atoms with E-state index in [4.69, 9.17) is 4.98 Å². The predicted octanol–water partition coefficient (Wildman–Crippen LogP) is 5.47. The highest BCUT2D eigenvalue weighted by atomic mass is 15.1. The fourth-order valence-electron chi connectivity index (χ4n) is 7.23. The Bertz CT molecular complexity index is 1490. The lowest BCUT2D eigenvalue weighted by Gasteiger charge is -2.11. The Hall–Kier alpha value is -3.22. The van der Waals surface area contributed by atoms with Crippen molar-refractivity contribution in [1.29, 1.82) is 0 Å². The highest BCUT2D eigenvalue weighted by Gasteiger charge is 2.47. The molecule has 4 heterocycles. The molecule has 4 fully saturated rings. The van der Waals surface area contributed by atoms with Crippen LogP contribution in [0.25, 0.3) is 33.6 Å². The topological polar surface area (TPSA) is 81.4 Å². The van der Waals surface area contributed by atoms with Crippen LogP contribution in [-0.2, 0) is 12.8 Å². The molecule has 3 aliphatic carbocycles. The summed E-state index contributed by atoms with van der Waals surface area (Å²) in [5.74, 6) is 3.97. The first-order valence-corrected chi connectivity index (χ1v) is 14.1. The van der Waals surface area contributed by atoms with Gasteiger partial charge in [-0.2, -0.15) is 0 Å². The van der Waals surface area contributed by atoms with Crippen molar-refractivity contribution in [2.24, 2.45) is 11.8 Å². The number of fused-ring (bicyclic) bond motifs is 5. The molecule has 2 saturated carbocycles. The first kappa shape index (κ1) is 20.8. The van der Waals surface area contributed by atoms with Crippen LogP contribution in [0.2, 0.25) is 0 Å². The number of nitrogens with one attached hydrogen (secondary N) is 4. The van der Waals surface area contributed by atoms with Crippen molar-refractivity contribution in [2.75, 3.05) is 0 Å². The van der Waals surface area contributed by atoms with E-state index in [9.17, 15) is 0 Å². The van der Waals surface area contributed by atoms with Gasteiger partial charge in [-0.3, -0.25) is 0 Å². The van der Waals surface area contributed by atoms with Gasteiger partial charge in [0.25, 0.3) is 0 Å². The minimum atomic E-state index is 0.391. The third kappa shape index (κ3) is 3.46. The summed E-state index contributed by atoms with van der Waals surface area (Å²) in [5, 5.41) is 7.45. The number of benzene rings is 2. The molecule has 5 aliphatic rings. The number of aromatic nitrogens is 4. The van der Waals surface area contributed by atoms with Crippen LogP contribution in [0.3, 0.4) is 0 Å². The maximum absolute atomic E-state index is 5.14. The minimum Gasteiger partial charge on any atom is -0.344 e. The van der Waals surface area contributed by atoms with Crippen LogP contribution in [0.4, 0.5) is 0 Å². The van der Waals surface area contributed by atoms with E-state index in [0.717, 1.165) is 60.5 Å². The van der Waals surface area contributed by atoms with E-state index < -0.39 is 0 Å². The van der Waals surface area contributed by atoms with Gasteiger partial charge in [0.2, 0.25) is 0 Å². The number of piperidine rings is 2. The molecule has 4 aromatic rings.